The quantitative estimate of drug-likeness (QED) is 0.102. The van der Waals surface area contributed by atoms with E-state index in [-0.39, 0.29) is 5.78 Å². The highest BCUT2D eigenvalue weighted by Crippen LogP contribution is 2.25. The number of hydrogen-bond donors (Lipinski definition) is 1. The Bertz CT molecular complexity index is 2000. The van der Waals surface area contributed by atoms with E-state index in [9.17, 15) is 4.79 Å². The summed E-state index contributed by atoms with van der Waals surface area (Å²) in [5.41, 5.74) is 12.2. The molecule has 0 amide bonds. The van der Waals surface area contributed by atoms with Crippen LogP contribution in [-0.2, 0) is 0 Å². The number of methoxy groups -OCH3 is 2. The number of nitrogens with zero attached hydrogens (tertiary/aromatic N) is 1. The summed E-state index contributed by atoms with van der Waals surface area (Å²) < 4.78 is 22.0. The van der Waals surface area contributed by atoms with Crippen LogP contribution in [0.2, 0.25) is 0 Å². The van der Waals surface area contributed by atoms with Crippen LogP contribution in [0.4, 0.5) is 0 Å². The van der Waals surface area contributed by atoms with Crippen molar-refractivity contribution in [1.29, 1.82) is 0 Å². The zero-order chi connectivity index (χ0) is 36.0. The lowest BCUT2D eigenvalue weighted by atomic mass is 10.0. The van der Waals surface area contributed by atoms with Crippen molar-refractivity contribution in [3.8, 4) is 34.5 Å². The third-order valence-electron chi connectivity index (χ3n) is 7.87. The van der Waals surface area contributed by atoms with E-state index in [1.54, 1.807) is 62.8 Å². The van der Waals surface area contributed by atoms with E-state index in [2.05, 4.69) is 11.9 Å². The van der Waals surface area contributed by atoms with Crippen LogP contribution in [-0.4, -0.2) is 38.8 Å². The lowest BCUT2D eigenvalue weighted by Crippen LogP contribution is -2.09. The van der Waals surface area contributed by atoms with Gasteiger partial charge in [-0.25, -0.2) is 0 Å². The molecule has 0 atom stereocenters. The average molecular weight is 679 g/mol. The second-order valence-corrected chi connectivity index (χ2v) is 11.7. The number of ketones is 1. The number of hydrogen-bond acceptors (Lipinski definition) is 7. The third kappa shape index (κ3) is 10.4. The molecule has 0 radical (unpaired) electrons. The summed E-state index contributed by atoms with van der Waals surface area (Å²) in [7, 11) is 3.26. The summed E-state index contributed by atoms with van der Waals surface area (Å²) in [5.74, 6) is 4.60. The van der Waals surface area contributed by atoms with Gasteiger partial charge in [-0.15, -0.1) is 0 Å². The van der Waals surface area contributed by atoms with Gasteiger partial charge in [-0.3, -0.25) is 9.79 Å². The van der Waals surface area contributed by atoms with E-state index in [1.165, 1.54) is 11.1 Å². The van der Waals surface area contributed by atoms with E-state index in [0.717, 1.165) is 45.6 Å². The van der Waals surface area contributed by atoms with Gasteiger partial charge in [0.05, 0.1) is 26.5 Å². The van der Waals surface area contributed by atoms with Gasteiger partial charge in [0.1, 0.15) is 34.5 Å². The maximum atomic E-state index is 12.5. The molecule has 0 aliphatic carbocycles. The molecule has 0 bridgehead atoms. The first-order valence-electron chi connectivity index (χ1n) is 16.6. The predicted molar refractivity (Wildman–Crippen MR) is 204 cm³/mol. The Morgan fingerprint density at radius 1 is 0.471 bits per heavy atom. The Morgan fingerprint density at radius 3 is 1.08 bits per heavy atom. The molecular weight excluding hydrogens is 636 g/mol. The number of benzene rings is 6. The van der Waals surface area contributed by atoms with Crippen LogP contribution in [0.25, 0.3) is 0 Å². The summed E-state index contributed by atoms with van der Waals surface area (Å²) in [6.45, 7) is 5.17. The summed E-state index contributed by atoms with van der Waals surface area (Å²) in [6.07, 6.45) is 0. The fourth-order valence-corrected chi connectivity index (χ4v) is 5.02. The molecule has 0 saturated carbocycles. The second-order valence-electron chi connectivity index (χ2n) is 11.7. The maximum Gasteiger partial charge on any atom is 0.193 e. The smallest absolute Gasteiger partial charge is 0.193 e. The van der Waals surface area contributed by atoms with E-state index < -0.39 is 0 Å². The standard InChI is InChI=1S/C23H24N2O2.C21H18O3/c1-17-3-9-21(10-4-17)27-22-13-7-19(8-14-22)23(25-16-15-24)18-5-11-20(26-2)12-6-18;1-15-3-9-19(10-4-15)24-20-13-7-17(8-14-20)21(22)16-5-11-18(23-2)12-6-16/h3-14H,15-16,24H2,1-2H3;3-14H,1-2H3. The average Bonchev–Trinajstić information content (AvgIpc) is 3.18. The van der Waals surface area contributed by atoms with Gasteiger partial charge in [0.2, 0.25) is 0 Å². The van der Waals surface area contributed by atoms with Gasteiger partial charge in [-0.05, 0) is 135 Å². The van der Waals surface area contributed by atoms with Crippen molar-refractivity contribution in [2.45, 2.75) is 13.8 Å². The van der Waals surface area contributed by atoms with E-state index in [4.69, 9.17) is 24.7 Å². The number of nitrogens with two attached hydrogens (primary N) is 1. The third-order valence-corrected chi connectivity index (χ3v) is 7.87. The highest BCUT2D eigenvalue weighted by Gasteiger charge is 2.10. The Morgan fingerprint density at radius 2 is 0.765 bits per heavy atom. The minimum atomic E-state index is -0.0282. The molecule has 51 heavy (non-hydrogen) atoms. The summed E-state index contributed by atoms with van der Waals surface area (Å²) >= 11 is 0. The van der Waals surface area contributed by atoms with Crippen molar-refractivity contribution in [3.05, 3.63) is 179 Å². The first-order chi connectivity index (χ1) is 24.8. The molecule has 0 heterocycles. The van der Waals surface area contributed by atoms with Crippen LogP contribution < -0.4 is 24.7 Å². The van der Waals surface area contributed by atoms with Gasteiger partial charge in [0.15, 0.2) is 5.78 Å². The number of rotatable bonds is 12. The minimum Gasteiger partial charge on any atom is -0.497 e. The molecular formula is C44H42N2O5. The number of carbonyl (C=O) groups is 1. The molecule has 0 aliphatic heterocycles. The van der Waals surface area contributed by atoms with Gasteiger partial charge in [0, 0.05) is 28.8 Å². The van der Waals surface area contributed by atoms with Gasteiger partial charge in [-0.1, -0.05) is 35.4 Å². The van der Waals surface area contributed by atoms with Gasteiger partial charge in [0.25, 0.3) is 0 Å². The summed E-state index contributed by atoms with van der Waals surface area (Å²) in [4.78, 5) is 17.1. The zero-order valence-corrected chi connectivity index (χ0v) is 29.3. The minimum absolute atomic E-state index is 0.0282. The highest BCUT2D eigenvalue weighted by molar-refractivity contribution is 6.13. The van der Waals surface area contributed by atoms with Gasteiger partial charge < -0.3 is 24.7 Å². The molecule has 0 fully saturated rings. The van der Waals surface area contributed by atoms with Crippen LogP contribution in [0.1, 0.15) is 38.2 Å². The summed E-state index contributed by atoms with van der Waals surface area (Å²) in [6, 6.07) is 45.9. The molecule has 7 nitrogen and oxygen atoms in total. The molecule has 7 heteroatoms. The first kappa shape index (κ1) is 36.1. The lowest BCUT2D eigenvalue weighted by molar-refractivity contribution is 0.103. The highest BCUT2D eigenvalue weighted by atomic mass is 16.5. The number of ether oxygens (including phenoxy) is 4. The largest absolute Gasteiger partial charge is 0.497 e. The Labute approximate surface area is 299 Å². The molecule has 0 unspecified atom stereocenters. The van der Waals surface area contributed by atoms with Crippen molar-refractivity contribution >= 4 is 11.5 Å². The van der Waals surface area contributed by atoms with Gasteiger partial charge in [-0.2, -0.15) is 0 Å². The van der Waals surface area contributed by atoms with E-state index in [1.807, 2.05) is 104 Å². The number of aryl methyl sites for hydroxylation is 2. The van der Waals surface area contributed by atoms with Crippen LogP contribution in [0.5, 0.6) is 34.5 Å². The van der Waals surface area contributed by atoms with Crippen molar-refractivity contribution in [2.75, 3.05) is 27.3 Å². The fraction of sp³-hybridized carbons (Fsp3) is 0.136. The number of aliphatic imine (C=N–C) groups is 1. The van der Waals surface area contributed by atoms with Crippen molar-refractivity contribution in [3.63, 3.8) is 0 Å². The van der Waals surface area contributed by atoms with E-state index >= 15 is 0 Å². The Balaban J connectivity index is 0.000000199. The maximum absolute atomic E-state index is 12.5. The molecule has 0 aromatic heterocycles. The SMILES string of the molecule is COc1ccc(C(=NCCN)c2ccc(Oc3ccc(C)cc3)cc2)cc1.COc1ccc(C(=O)c2ccc(Oc3ccc(C)cc3)cc2)cc1. The number of carbonyl (C=O) groups excluding carboxylic acids is 1. The molecule has 2 N–H and O–H groups in total. The fourth-order valence-electron chi connectivity index (χ4n) is 5.02. The topological polar surface area (TPSA) is 92.4 Å². The molecule has 258 valence electrons. The molecule has 0 aliphatic rings. The monoisotopic (exact) mass is 678 g/mol. The first-order valence-corrected chi connectivity index (χ1v) is 16.6. The summed E-state index contributed by atoms with van der Waals surface area (Å²) in [5, 5.41) is 0. The predicted octanol–water partition coefficient (Wildman–Crippen LogP) is 9.62. The Hall–Kier alpha value is -6.18. The van der Waals surface area contributed by atoms with Crippen LogP contribution in [0.3, 0.4) is 0 Å². The van der Waals surface area contributed by atoms with Crippen molar-refractivity contribution in [2.24, 2.45) is 10.7 Å². The zero-order valence-electron chi connectivity index (χ0n) is 29.3. The second kappa shape index (κ2) is 18.0. The molecule has 6 aromatic rings. The van der Waals surface area contributed by atoms with Crippen LogP contribution in [0, 0.1) is 13.8 Å². The lowest BCUT2D eigenvalue weighted by Gasteiger charge is -2.10. The normalized spacial score (nSPS) is 10.8. The molecule has 0 spiro atoms. The molecule has 6 aromatic carbocycles. The van der Waals surface area contributed by atoms with Crippen LogP contribution >= 0.6 is 0 Å². The van der Waals surface area contributed by atoms with Crippen LogP contribution in [0.15, 0.2) is 151 Å². The van der Waals surface area contributed by atoms with E-state index in [0.29, 0.717) is 30.0 Å². The van der Waals surface area contributed by atoms with Gasteiger partial charge >= 0.3 is 0 Å². The molecule has 0 saturated heterocycles. The van der Waals surface area contributed by atoms with Crippen molar-refractivity contribution in [1.82, 2.24) is 0 Å². The Kier molecular flexibility index (Phi) is 12.7. The van der Waals surface area contributed by atoms with Crippen molar-refractivity contribution < 1.29 is 23.7 Å². The molecule has 6 rings (SSSR count).